The van der Waals surface area contributed by atoms with Crippen LogP contribution in [0.1, 0.15) is 25.3 Å². The van der Waals surface area contributed by atoms with Crippen LogP contribution in [0.25, 0.3) is 10.9 Å². The van der Waals surface area contributed by atoms with E-state index < -0.39 is 29.0 Å². The lowest BCUT2D eigenvalue weighted by Gasteiger charge is -2.27. The summed E-state index contributed by atoms with van der Waals surface area (Å²) in [6.07, 6.45) is 1.98. The quantitative estimate of drug-likeness (QED) is 0.782. The van der Waals surface area contributed by atoms with Crippen molar-refractivity contribution < 1.29 is 23.4 Å². The van der Waals surface area contributed by atoms with Crippen molar-refractivity contribution in [3.8, 4) is 5.75 Å². The number of fused-ring (bicyclic) bond motifs is 2. The van der Waals surface area contributed by atoms with E-state index in [1.807, 2.05) is 0 Å². The van der Waals surface area contributed by atoms with Gasteiger partial charge in [0.15, 0.2) is 11.6 Å². The maximum atomic E-state index is 15.6. The van der Waals surface area contributed by atoms with Crippen molar-refractivity contribution in [2.24, 2.45) is 5.92 Å². The summed E-state index contributed by atoms with van der Waals surface area (Å²) >= 11 is 0. The molecule has 3 fully saturated rings. The number of halogens is 2. The van der Waals surface area contributed by atoms with Gasteiger partial charge in [0.05, 0.1) is 17.1 Å². The highest BCUT2D eigenvalue weighted by atomic mass is 19.1. The van der Waals surface area contributed by atoms with Crippen LogP contribution in [0.5, 0.6) is 5.75 Å². The number of carboxylic acid groups (broad SMARTS) is 1. The van der Waals surface area contributed by atoms with Crippen molar-refractivity contribution in [3.05, 3.63) is 34.1 Å². The smallest absolute Gasteiger partial charge is 0.449 e. The van der Waals surface area contributed by atoms with Crippen molar-refractivity contribution in [2.75, 3.05) is 24.5 Å². The lowest BCUT2D eigenvalue weighted by atomic mass is 10.0. The number of pyridine rings is 1. The van der Waals surface area contributed by atoms with Gasteiger partial charge < -0.3 is 24.6 Å². The first-order valence-corrected chi connectivity index (χ1v) is 9.40. The van der Waals surface area contributed by atoms with Gasteiger partial charge in [-0.25, -0.2) is 13.6 Å². The molecule has 0 radical (unpaired) electrons. The normalized spacial score (nSPS) is 24.0. The van der Waals surface area contributed by atoms with Gasteiger partial charge in [-0.15, -0.1) is 0 Å². The number of rotatable bonds is 3. The first kappa shape index (κ1) is 17.4. The minimum absolute atomic E-state index is 0.0102. The van der Waals surface area contributed by atoms with Crippen LogP contribution in [0.15, 0.2) is 17.1 Å². The summed E-state index contributed by atoms with van der Waals surface area (Å²) < 4.78 is 36.7. The van der Waals surface area contributed by atoms with E-state index in [2.05, 4.69) is 10.1 Å². The largest absolute Gasteiger partial charge is 0.511 e. The molecular weight excluding hydrogens is 372 g/mol. The molecule has 2 N–H and O–H groups in total. The molecule has 9 heteroatoms. The molecule has 28 heavy (non-hydrogen) atoms. The van der Waals surface area contributed by atoms with Crippen LogP contribution in [0, 0.1) is 17.6 Å². The zero-order chi connectivity index (χ0) is 19.6. The van der Waals surface area contributed by atoms with Crippen LogP contribution in [0.4, 0.5) is 19.3 Å². The molecule has 0 spiro atoms. The molecule has 148 valence electrons. The summed E-state index contributed by atoms with van der Waals surface area (Å²) in [4.78, 5) is 25.3. The Hall–Kier alpha value is -2.68. The molecule has 3 heterocycles. The van der Waals surface area contributed by atoms with Crippen molar-refractivity contribution in [2.45, 2.75) is 31.3 Å². The number of benzene rings is 1. The minimum atomic E-state index is -1.65. The Bertz CT molecular complexity index is 1050. The highest BCUT2D eigenvalue weighted by molar-refractivity contribution is 5.86. The predicted octanol–water partition coefficient (Wildman–Crippen LogP) is 2.47. The van der Waals surface area contributed by atoms with E-state index in [4.69, 9.17) is 5.11 Å². The Morgan fingerprint density at radius 1 is 1.25 bits per heavy atom. The fourth-order valence-corrected chi connectivity index (χ4v) is 4.60. The topological polar surface area (TPSA) is 83.8 Å². The van der Waals surface area contributed by atoms with E-state index in [0.29, 0.717) is 19.0 Å². The van der Waals surface area contributed by atoms with Gasteiger partial charge in [-0.3, -0.25) is 4.79 Å². The van der Waals surface area contributed by atoms with Gasteiger partial charge in [-0.1, -0.05) is 0 Å². The predicted molar refractivity (Wildman–Crippen MR) is 97.2 cm³/mol. The number of carbonyl (C=O) groups is 1. The summed E-state index contributed by atoms with van der Waals surface area (Å²) in [7, 11) is 0. The van der Waals surface area contributed by atoms with E-state index in [-0.39, 0.29) is 28.7 Å². The second-order valence-corrected chi connectivity index (χ2v) is 7.71. The standard InChI is InChI=1S/C19H19F2N3O4/c20-12-5-11-16(15(21)17(12)23-4-3-9-6-22-7-13(9)23)24(10-1-2-10)8-14(18(11)25)28-19(26)27/h5,8-10,13,22H,1-4,6-7H2,(H,26,27). The number of ether oxygens (including phenoxy) is 1. The van der Waals surface area contributed by atoms with E-state index in [0.717, 1.165) is 31.9 Å². The van der Waals surface area contributed by atoms with Crippen molar-refractivity contribution in [1.29, 1.82) is 0 Å². The van der Waals surface area contributed by atoms with Gasteiger partial charge in [0.25, 0.3) is 0 Å². The summed E-state index contributed by atoms with van der Waals surface area (Å²) in [5.74, 6) is -1.68. The molecule has 2 atom stereocenters. The summed E-state index contributed by atoms with van der Waals surface area (Å²) in [6, 6.07) is 0.975. The fraction of sp³-hybridized carbons (Fsp3) is 0.474. The maximum Gasteiger partial charge on any atom is 0.511 e. The third-order valence-corrected chi connectivity index (χ3v) is 6.02. The van der Waals surface area contributed by atoms with Gasteiger partial charge in [0.1, 0.15) is 11.5 Å². The Labute approximate surface area is 158 Å². The molecule has 1 aliphatic carbocycles. The number of aromatic nitrogens is 1. The molecule has 2 aliphatic heterocycles. The second-order valence-electron chi connectivity index (χ2n) is 7.71. The summed E-state index contributed by atoms with van der Waals surface area (Å²) in [5, 5.41) is 11.9. The number of hydrogen-bond donors (Lipinski definition) is 2. The van der Waals surface area contributed by atoms with E-state index in [9.17, 15) is 9.59 Å². The Kier molecular flexibility index (Phi) is 3.84. The zero-order valence-corrected chi connectivity index (χ0v) is 15.0. The molecule has 3 aliphatic rings. The Balaban J connectivity index is 1.73. The van der Waals surface area contributed by atoms with Gasteiger partial charge in [-0.2, -0.15) is 0 Å². The molecule has 7 nitrogen and oxygen atoms in total. The van der Waals surface area contributed by atoms with E-state index in [1.165, 1.54) is 10.8 Å². The zero-order valence-electron chi connectivity index (χ0n) is 15.0. The number of anilines is 1. The van der Waals surface area contributed by atoms with Crippen molar-refractivity contribution in [3.63, 3.8) is 0 Å². The summed E-state index contributed by atoms with van der Waals surface area (Å²) in [5.41, 5.74) is -0.930. The Morgan fingerprint density at radius 3 is 2.75 bits per heavy atom. The average Bonchev–Trinajstić information content (AvgIpc) is 3.25. The van der Waals surface area contributed by atoms with Crippen LogP contribution in [0.2, 0.25) is 0 Å². The van der Waals surface area contributed by atoms with E-state index in [1.54, 1.807) is 4.90 Å². The molecule has 2 saturated heterocycles. The third kappa shape index (κ3) is 2.56. The van der Waals surface area contributed by atoms with Crippen LogP contribution < -0.4 is 20.4 Å². The first-order chi connectivity index (χ1) is 13.5. The minimum Gasteiger partial charge on any atom is -0.449 e. The van der Waals surface area contributed by atoms with Crippen LogP contribution >= 0.6 is 0 Å². The number of nitrogens with one attached hydrogen (secondary N) is 1. The Morgan fingerprint density at radius 2 is 2.04 bits per heavy atom. The van der Waals surface area contributed by atoms with Crippen molar-refractivity contribution in [1.82, 2.24) is 9.88 Å². The average molecular weight is 391 g/mol. The maximum absolute atomic E-state index is 15.6. The molecule has 5 rings (SSSR count). The highest BCUT2D eigenvalue weighted by Gasteiger charge is 2.40. The molecule has 1 saturated carbocycles. The second kappa shape index (κ2) is 6.16. The van der Waals surface area contributed by atoms with Gasteiger partial charge in [-0.05, 0) is 31.2 Å². The SMILES string of the molecule is O=C(O)Oc1cn(C2CC2)c2c(F)c(N3CCC4CNCC43)c(F)cc2c1=O. The molecular formula is C19H19F2N3O4. The molecule has 2 aromatic rings. The molecule has 0 amide bonds. The van der Waals surface area contributed by atoms with Crippen molar-refractivity contribution >= 4 is 22.7 Å². The van der Waals surface area contributed by atoms with Crippen LogP contribution in [-0.4, -0.2) is 41.5 Å². The molecule has 2 unspecified atom stereocenters. The first-order valence-electron chi connectivity index (χ1n) is 9.40. The lowest BCUT2D eigenvalue weighted by molar-refractivity contribution is 0.143. The fourth-order valence-electron chi connectivity index (χ4n) is 4.60. The summed E-state index contributed by atoms with van der Waals surface area (Å²) in [6.45, 7) is 2.06. The molecule has 0 bridgehead atoms. The van der Waals surface area contributed by atoms with Gasteiger partial charge >= 0.3 is 6.16 Å². The third-order valence-electron chi connectivity index (χ3n) is 6.02. The lowest BCUT2D eigenvalue weighted by Crippen LogP contribution is -2.35. The van der Waals surface area contributed by atoms with Crippen LogP contribution in [-0.2, 0) is 0 Å². The molecule has 1 aromatic carbocycles. The number of nitrogens with zero attached hydrogens (tertiary/aromatic N) is 2. The van der Waals surface area contributed by atoms with Gasteiger partial charge in [0, 0.05) is 31.7 Å². The van der Waals surface area contributed by atoms with E-state index >= 15 is 8.78 Å². The molecule has 1 aromatic heterocycles. The van der Waals surface area contributed by atoms with Gasteiger partial charge in [0.2, 0.25) is 5.43 Å². The number of hydrogen-bond acceptors (Lipinski definition) is 5. The van der Waals surface area contributed by atoms with Crippen LogP contribution in [0.3, 0.4) is 0 Å². The highest BCUT2D eigenvalue weighted by Crippen LogP contribution is 2.42. The monoisotopic (exact) mass is 391 g/mol.